The van der Waals surface area contributed by atoms with Crippen molar-refractivity contribution in [2.75, 3.05) is 0 Å². The molecule has 0 aliphatic carbocycles. The molecule has 0 rings (SSSR count). The van der Waals surface area contributed by atoms with Crippen LogP contribution in [0.25, 0.3) is 0 Å². The average molecular weight is 322 g/mol. The number of aliphatic hydroxyl groups excluding tert-OH is 1. The molecule has 1 unspecified atom stereocenters. The van der Waals surface area contributed by atoms with Crippen LogP contribution in [0.15, 0.2) is 0 Å². The molecule has 0 aromatic heterocycles. The van der Waals surface area contributed by atoms with Crippen molar-refractivity contribution in [3.63, 3.8) is 0 Å². The summed E-state index contributed by atoms with van der Waals surface area (Å²) < 4.78 is 0. The summed E-state index contributed by atoms with van der Waals surface area (Å²) in [5.74, 6) is -3.60. The van der Waals surface area contributed by atoms with E-state index in [-0.39, 0.29) is 6.42 Å². The Bertz CT molecular complexity index is 250. The molecule has 1 atom stereocenters. The minimum atomic E-state index is -2.94. The number of carboxylic acid groups (broad SMARTS) is 1. The normalized spacial score (nSPS) is 12.5. The lowest BCUT2D eigenvalue weighted by atomic mass is 10.1. The standard InChI is InChI=1S/C12H24O2.C4H10O4/c1-2-3-4-5-6-7-8-9-10-11-12(13)14;1-2-3(5)4(6,7)8/h2-11H2,1H3,(H,13,14);3,5-8H,2H2,1H3. The van der Waals surface area contributed by atoms with E-state index in [1.165, 1.54) is 51.9 Å². The maximum Gasteiger partial charge on any atom is 0.303 e. The van der Waals surface area contributed by atoms with Gasteiger partial charge in [0.2, 0.25) is 0 Å². The molecule has 0 saturated heterocycles. The van der Waals surface area contributed by atoms with Crippen molar-refractivity contribution < 1.29 is 30.3 Å². The molecule has 0 aromatic rings. The van der Waals surface area contributed by atoms with Crippen molar-refractivity contribution in [3.05, 3.63) is 0 Å². The molecule has 0 aromatic carbocycles. The fourth-order valence-electron chi connectivity index (χ4n) is 1.86. The van der Waals surface area contributed by atoms with Crippen LogP contribution in [0.1, 0.15) is 84.5 Å². The molecule has 6 heteroatoms. The minimum Gasteiger partial charge on any atom is -0.481 e. The Kier molecular flexibility index (Phi) is 16.3. The second kappa shape index (κ2) is 15.2. The third-order valence-electron chi connectivity index (χ3n) is 3.33. The Morgan fingerprint density at radius 2 is 1.27 bits per heavy atom. The number of aliphatic hydroxyl groups is 4. The average Bonchev–Trinajstić information content (AvgIpc) is 2.44. The molecule has 6 nitrogen and oxygen atoms in total. The predicted molar refractivity (Wildman–Crippen MR) is 85.2 cm³/mol. The highest BCUT2D eigenvalue weighted by Crippen LogP contribution is 2.10. The number of rotatable bonds is 12. The fourth-order valence-corrected chi connectivity index (χ4v) is 1.86. The molecule has 134 valence electrons. The number of unbranched alkanes of at least 4 members (excludes halogenated alkanes) is 8. The first-order chi connectivity index (χ1) is 10.3. The van der Waals surface area contributed by atoms with Crippen molar-refractivity contribution in [3.8, 4) is 0 Å². The van der Waals surface area contributed by atoms with Crippen LogP contribution in [0, 0.1) is 0 Å². The smallest absolute Gasteiger partial charge is 0.303 e. The lowest BCUT2D eigenvalue weighted by molar-refractivity contribution is -0.354. The van der Waals surface area contributed by atoms with Gasteiger partial charge >= 0.3 is 11.9 Å². The van der Waals surface area contributed by atoms with Crippen LogP contribution in [0.5, 0.6) is 0 Å². The van der Waals surface area contributed by atoms with Crippen LogP contribution < -0.4 is 0 Å². The second-order valence-corrected chi connectivity index (χ2v) is 5.58. The molecule has 0 radical (unpaired) electrons. The first-order valence-electron chi connectivity index (χ1n) is 8.32. The maximum atomic E-state index is 10.2. The molecule has 0 spiro atoms. The van der Waals surface area contributed by atoms with E-state index in [1.54, 1.807) is 0 Å². The van der Waals surface area contributed by atoms with Gasteiger partial charge in [-0.25, -0.2) is 0 Å². The Morgan fingerprint density at radius 3 is 1.55 bits per heavy atom. The van der Waals surface area contributed by atoms with Gasteiger partial charge in [0.25, 0.3) is 0 Å². The molecule has 5 N–H and O–H groups in total. The van der Waals surface area contributed by atoms with Crippen molar-refractivity contribution in [2.45, 2.75) is 96.6 Å². The first-order valence-corrected chi connectivity index (χ1v) is 8.32. The molecule has 0 aliphatic heterocycles. The van der Waals surface area contributed by atoms with Crippen LogP contribution >= 0.6 is 0 Å². The van der Waals surface area contributed by atoms with Crippen LogP contribution in [0.4, 0.5) is 0 Å². The zero-order valence-corrected chi connectivity index (χ0v) is 14.0. The van der Waals surface area contributed by atoms with Crippen LogP contribution in [-0.4, -0.2) is 43.6 Å². The van der Waals surface area contributed by atoms with E-state index in [9.17, 15) is 4.79 Å². The lowest BCUT2D eigenvalue weighted by Crippen LogP contribution is -2.41. The summed E-state index contributed by atoms with van der Waals surface area (Å²) >= 11 is 0. The van der Waals surface area contributed by atoms with E-state index >= 15 is 0 Å². The van der Waals surface area contributed by atoms with Gasteiger partial charge in [-0.05, 0) is 12.8 Å². The summed E-state index contributed by atoms with van der Waals surface area (Å²) in [6.07, 6.45) is 10.1. The van der Waals surface area contributed by atoms with Gasteiger partial charge in [0.15, 0.2) is 0 Å². The molecule has 0 fully saturated rings. The number of aliphatic carboxylic acids is 1. The third kappa shape index (κ3) is 19.3. The van der Waals surface area contributed by atoms with Gasteiger partial charge in [0.05, 0.1) is 0 Å². The number of carbonyl (C=O) groups is 1. The summed E-state index contributed by atoms with van der Waals surface area (Å²) in [6, 6.07) is 0. The van der Waals surface area contributed by atoms with Crippen LogP contribution in [0.2, 0.25) is 0 Å². The van der Waals surface area contributed by atoms with E-state index in [0.29, 0.717) is 6.42 Å². The highest BCUT2D eigenvalue weighted by atomic mass is 16.7. The molecule has 0 saturated carbocycles. The number of hydrogen-bond donors (Lipinski definition) is 5. The highest BCUT2D eigenvalue weighted by Gasteiger charge is 2.27. The van der Waals surface area contributed by atoms with Crippen LogP contribution in [0.3, 0.4) is 0 Å². The van der Waals surface area contributed by atoms with E-state index in [4.69, 9.17) is 25.5 Å². The highest BCUT2D eigenvalue weighted by molar-refractivity contribution is 5.66. The predicted octanol–water partition coefficient (Wildman–Crippen LogP) is 2.38. The molecule has 0 heterocycles. The lowest BCUT2D eigenvalue weighted by Gasteiger charge is -2.18. The SMILES string of the molecule is CCC(O)C(O)(O)O.CCCCCCCCCCCC(=O)O. The largest absolute Gasteiger partial charge is 0.481 e. The Hall–Kier alpha value is -0.690. The Balaban J connectivity index is 0. The minimum absolute atomic E-state index is 0.101. The Morgan fingerprint density at radius 1 is 0.864 bits per heavy atom. The van der Waals surface area contributed by atoms with E-state index < -0.39 is 18.0 Å². The van der Waals surface area contributed by atoms with Crippen molar-refractivity contribution in [2.24, 2.45) is 0 Å². The fraction of sp³-hybridized carbons (Fsp3) is 0.938. The molecular formula is C16H34O6. The molecule has 0 amide bonds. The van der Waals surface area contributed by atoms with E-state index in [2.05, 4.69) is 6.92 Å². The zero-order chi connectivity index (χ0) is 17.4. The van der Waals surface area contributed by atoms with Gasteiger partial charge in [-0.3, -0.25) is 4.79 Å². The summed E-state index contributed by atoms with van der Waals surface area (Å²) in [7, 11) is 0. The monoisotopic (exact) mass is 322 g/mol. The zero-order valence-electron chi connectivity index (χ0n) is 14.0. The summed E-state index contributed by atoms with van der Waals surface area (Å²) in [4.78, 5) is 10.2. The molecular weight excluding hydrogens is 288 g/mol. The second-order valence-electron chi connectivity index (χ2n) is 5.58. The van der Waals surface area contributed by atoms with Gasteiger partial charge in [0, 0.05) is 6.42 Å². The van der Waals surface area contributed by atoms with Crippen molar-refractivity contribution >= 4 is 5.97 Å². The van der Waals surface area contributed by atoms with Gasteiger partial charge in [-0.2, -0.15) is 0 Å². The van der Waals surface area contributed by atoms with E-state index in [1.807, 2.05) is 0 Å². The summed E-state index contributed by atoms with van der Waals surface area (Å²) in [5.41, 5.74) is 0. The Labute approximate surface area is 133 Å². The third-order valence-corrected chi connectivity index (χ3v) is 3.33. The number of carboxylic acids is 1. The van der Waals surface area contributed by atoms with Crippen LogP contribution in [-0.2, 0) is 4.79 Å². The van der Waals surface area contributed by atoms with Crippen molar-refractivity contribution in [1.29, 1.82) is 0 Å². The van der Waals surface area contributed by atoms with E-state index in [0.717, 1.165) is 12.8 Å². The molecule has 22 heavy (non-hydrogen) atoms. The number of hydrogen-bond acceptors (Lipinski definition) is 5. The topological polar surface area (TPSA) is 118 Å². The first kappa shape index (κ1) is 23.6. The van der Waals surface area contributed by atoms with Crippen molar-refractivity contribution in [1.82, 2.24) is 0 Å². The molecule has 0 bridgehead atoms. The molecule has 0 aliphatic rings. The van der Waals surface area contributed by atoms with Gasteiger partial charge < -0.3 is 25.5 Å². The van der Waals surface area contributed by atoms with Gasteiger partial charge in [-0.1, -0.05) is 65.2 Å². The van der Waals surface area contributed by atoms with Gasteiger partial charge in [-0.15, -0.1) is 0 Å². The van der Waals surface area contributed by atoms with Gasteiger partial charge in [0.1, 0.15) is 6.10 Å². The summed E-state index contributed by atoms with van der Waals surface area (Å²) in [6.45, 7) is 3.74. The maximum absolute atomic E-state index is 10.2. The summed E-state index contributed by atoms with van der Waals surface area (Å²) in [5, 5.41) is 41.3. The quantitative estimate of drug-likeness (QED) is 0.278.